The molecule has 0 atom stereocenters. The van der Waals surface area contributed by atoms with Crippen LogP contribution in [0.4, 0.5) is 4.39 Å². The molecule has 1 amide bonds. The fourth-order valence-electron chi connectivity index (χ4n) is 1.16. The predicted octanol–water partition coefficient (Wildman–Crippen LogP) is 2.28. The number of halogens is 1. The smallest absolute Gasteiger partial charge is 0.217 e. The van der Waals surface area contributed by atoms with Crippen LogP contribution in [0, 0.1) is 12.7 Å². The van der Waals surface area contributed by atoms with Gasteiger partial charge in [-0.2, -0.15) is 0 Å². The molecule has 0 fully saturated rings. The summed E-state index contributed by atoms with van der Waals surface area (Å²) in [6, 6.07) is 5.05. The van der Waals surface area contributed by atoms with E-state index in [1.165, 1.54) is 13.0 Å². The van der Waals surface area contributed by atoms with Gasteiger partial charge in [0.1, 0.15) is 5.82 Å². The number of carbonyl (C=O) groups is 1. The first-order chi connectivity index (χ1) is 7.09. The third-order valence-electron chi connectivity index (χ3n) is 1.92. The van der Waals surface area contributed by atoms with Gasteiger partial charge in [-0.15, -0.1) is 0 Å². The number of benzene rings is 1. The molecule has 0 unspecified atom stereocenters. The fourth-order valence-corrected chi connectivity index (χ4v) is 1.16. The minimum absolute atomic E-state index is 0.0935. The summed E-state index contributed by atoms with van der Waals surface area (Å²) in [5.74, 6) is -0.335. The molecule has 80 valence electrons. The molecule has 0 heterocycles. The summed E-state index contributed by atoms with van der Waals surface area (Å²) in [6.45, 7) is 3.71. The molecule has 1 aromatic carbocycles. The maximum atomic E-state index is 13.3. The molecule has 0 spiro atoms. The lowest BCUT2D eigenvalue weighted by atomic mass is 10.1. The summed E-state index contributed by atoms with van der Waals surface area (Å²) < 4.78 is 13.3. The van der Waals surface area contributed by atoms with Crippen molar-refractivity contribution in [3.05, 3.63) is 41.2 Å². The van der Waals surface area contributed by atoms with Crippen LogP contribution in [0.5, 0.6) is 0 Å². The fraction of sp³-hybridized carbons (Fsp3) is 0.250. The molecule has 3 heteroatoms. The molecular weight excluding hydrogens is 193 g/mol. The number of nitrogens with one attached hydrogen (secondary N) is 1. The Kier molecular flexibility index (Phi) is 4.03. The largest absolute Gasteiger partial charge is 0.353 e. The topological polar surface area (TPSA) is 29.1 Å². The Bertz CT molecular complexity index is 385. The maximum Gasteiger partial charge on any atom is 0.217 e. The zero-order valence-electron chi connectivity index (χ0n) is 8.88. The molecule has 1 N–H and O–H groups in total. The minimum Gasteiger partial charge on any atom is -0.353 e. The van der Waals surface area contributed by atoms with Crippen molar-refractivity contribution in [3.63, 3.8) is 0 Å². The molecule has 2 nitrogen and oxygen atoms in total. The second-order valence-corrected chi connectivity index (χ2v) is 3.36. The zero-order valence-corrected chi connectivity index (χ0v) is 8.88. The molecule has 0 bridgehead atoms. The van der Waals surface area contributed by atoms with Crippen LogP contribution in [-0.2, 0) is 4.79 Å². The van der Waals surface area contributed by atoms with Gasteiger partial charge in [0, 0.05) is 19.0 Å². The number of aryl methyl sites for hydroxylation is 1. The van der Waals surface area contributed by atoms with Crippen LogP contribution in [0.15, 0.2) is 24.3 Å². The predicted molar refractivity (Wildman–Crippen MR) is 58.9 cm³/mol. The number of carbonyl (C=O) groups excluding carboxylic acids is 1. The monoisotopic (exact) mass is 207 g/mol. The van der Waals surface area contributed by atoms with Gasteiger partial charge in [0.15, 0.2) is 0 Å². The Hall–Kier alpha value is -1.64. The SMILES string of the molecule is CC(=O)NCC=Cc1ccc(C)cc1F. The standard InChI is InChI=1S/C12H14FNO/c1-9-5-6-11(12(13)8-9)4-3-7-14-10(2)15/h3-6,8H,7H2,1-2H3,(H,14,15). The Morgan fingerprint density at radius 1 is 1.53 bits per heavy atom. The van der Waals surface area contributed by atoms with Gasteiger partial charge in [-0.1, -0.05) is 24.3 Å². The van der Waals surface area contributed by atoms with E-state index in [2.05, 4.69) is 5.32 Å². The van der Waals surface area contributed by atoms with E-state index in [9.17, 15) is 9.18 Å². The highest BCUT2D eigenvalue weighted by Gasteiger charge is 1.97. The van der Waals surface area contributed by atoms with Crippen LogP contribution in [0.25, 0.3) is 6.08 Å². The van der Waals surface area contributed by atoms with Crippen LogP contribution in [0.2, 0.25) is 0 Å². The van der Waals surface area contributed by atoms with Crippen molar-refractivity contribution >= 4 is 12.0 Å². The van der Waals surface area contributed by atoms with E-state index in [0.717, 1.165) is 5.56 Å². The van der Waals surface area contributed by atoms with Crippen LogP contribution >= 0.6 is 0 Å². The number of rotatable bonds is 3. The van der Waals surface area contributed by atoms with Crippen molar-refractivity contribution in [1.29, 1.82) is 0 Å². The number of hydrogen-bond donors (Lipinski definition) is 1. The first-order valence-corrected chi connectivity index (χ1v) is 4.76. The Morgan fingerprint density at radius 3 is 2.87 bits per heavy atom. The highest BCUT2D eigenvalue weighted by molar-refractivity contribution is 5.73. The molecular formula is C12H14FNO. The Balaban J connectivity index is 2.60. The third-order valence-corrected chi connectivity index (χ3v) is 1.92. The molecule has 0 radical (unpaired) electrons. The van der Waals surface area contributed by atoms with E-state index in [0.29, 0.717) is 12.1 Å². The van der Waals surface area contributed by atoms with Crippen molar-refractivity contribution in [2.45, 2.75) is 13.8 Å². The molecule has 1 aromatic rings. The van der Waals surface area contributed by atoms with Crippen LogP contribution in [0.3, 0.4) is 0 Å². The number of hydrogen-bond acceptors (Lipinski definition) is 1. The average Bonchev–Trinajstić information content (AvgIpc) is 2.14. The minimum atomic E-state index is -0.242. The van der Waals surface area contributed by atoms with Crippen molar-refractivity contribution in [2.24, 2.45) is 0 Å². The molecule has 0 aromatic heterocycles. The third kappa shape index (κ3) is 3.94. The summed E-state index contributed by atoms with van der Waals surface area (Å²) >= 11 is 0. The average molecular weight is 207 g/mol. The molecule has 1 rings (SSSR count). The van der Waals surface area contributed by atoms with Crippen LogP contribution in [-0.4, -0.2) is 12.5 Å². The first kappa shape index (κ1) is 11.4. The van der Waals surface area contributed by atoms with Gasteiger partial charge in [-0.3, -0.25) is 4.79 Å². The van der Waals surface area contributed by atoms with Gasteiger partial charge < -0.3 is 5.32 Å². The van der Waals surface area contributed by atoms with Gasteiger partial charge in [-0.25, -0.2) is 4.39 Å². The van der Waals surface area contributed by atoms with E-state index in [-0.39, 0.29) is 11.7 Å². The Labute approximate surface area is 88.8 Å². The van der Waals surface area contributed by atoms with Crippen molar-refractivity contribution in [1.82, 2.24) is 5.32 Å². The lowest BCUT2D eigenvalue weighted by Crippen LogP contribution is -2.19. The summed E-state index contributed by atoms with van der Waals surface area (Å²) in [5, 5.41) is 2.60. The van der Waals surface area contributed by atoms with Gasteiger partial charge in [0.25, 0.3) is 0 Å². The van der Waals surface area contributed by atoms with E-state index in [1.54, 1.807) is 18.2 Å². The summed E-state index contributed by atoms with van der Waals surface area (Å²) in [6.07, 6.45) is 3.37. The van der Waals surface area contributed by atoms with Crippen molar-refractivity contribution in [2.75, 3.05) is 6.54 Å². The number of amides is 1. The van der Waals surface area contributed by atoms with Gasteiger partial charge >= 0.3 is 0 Å². The summed E-state index contributed by atoms with van der Waals surface area (Å²) in [7, 11) is 0. The maximum absolute atomic E-state index is 13.3. The summed E-state index contributed by atoms with van der Waals surface area (Å²) in [4.78, 5) is 10.5. The van der Waals surface area contributed by atoms with Gasteiger partial charge in [0.05, 0.1) is 0 Å². The highest BCUT2D eigenvalue weighted by atomic mass is 19.1. The molecule has 0 aliphatic carbocycles. The van der Waals surface area contributed by atoms with Gasteiger partial charge in [0.2, 0.25) is 5.91 Å². The van der Waals surface area contributed by atoms with E-state index < -0.39 is 0 Å². The first-order valence-electron chi connectivity index (χ1n) is 4.76. The molecule has 15 heavy (non-hydrogen) atoms. The summed E-state index contributed by atoms with van der Waals surface area (Å²) in [5.41, 5.74) is 1.43. The van der Waals surface area contributed by atoms with E-state index in [4.69, 9.17) is 0 Å². The van der Waals surface area contributed by atoms with E-state index >= 15 is 0 Å². The van der Waals surface area contributed by atoms with Crippen LogP contribution < -0.4 is 5.32 Å². The van der Waals surface area contributed by atoms with Crippen LogP contribution in [0.1, 0.15) is 18.1 Å². The van der Waals surface area contributed by atoms with Crippen molar-refractivity contribution in [3.8, 4) is 0 Å². The van der Waals surface area contributed by atoms with Crippen molar-refractivity contribution < 1.29 is 9.18 Å². The lowest BCUT2D eigenvalue weighted by molar-refractivity contribution is -0.118. The Morgan fingerprint density at radius 2 is 2.27 bits per heavy atom. The highest BCUT2D eigenvalue weighted by Crippen LogP contribution is 2.10. The molecule has 0 saturated heterocycles. The zero-order chi connectivity index (χ0) is 11.3. The molecule has 0 aliphatic rings. The normalized spacial score (nSPS) is 10.6. The molecule has 0 saturated carbocycles. The lowest BCUT2D eigenvalue weighted by Gasteiger charge is -1.99. The second-order valence-electron chi connectivity index (χ2n) is 3.36. The van der Waals surface area contributed by atoms with Gasteiger partial charge in [-0.05, 0) is 18.6 Å². The second kappa shape index (κ2) is 5.29. The van der Waals surface area contributed by atoms with E-state index in [1.807, 2.05) is 13.0 Å². The quantitative estimate of drug-likeness (QED) is 0.809. The molecule has 0 aliphatic heterocycles.